The Morgan fingerprint density at radius 3 is 2.60 bits per heavy atom. The minimum Gasteiger partial charge on any atom is -0.350 e. The summed E-state index contributed by atoms with van der Waals surface area (Å²) >= 11 is 1.52. The molecule has 0 saturated heterocycles. The lowest BCUT2D eigenvalue weighted by Gasteiger charge is -2.03. The molecule has 2 nitrogen and oxygen atoms in total. The van der Waals surface area contributed by atoms with Crippen LogP contribution in [0.5, 0.6) is 0 Å². The lowest BCUT2D eigenvalue weighted by molar-refractivity contribution is -0.116. The molecule has 0 heterocycles. The van der Waals surface area contributed by atoms with E-state index in [1.807, 2.05) is 20.1 Å². The van der Waals surface area contributed by atoms with Crippen LogP contribution in [-0.2, 0) is 4.79 Å². The lowest BCUT2D eigenvalue weighted by atomic mass is 10.4. The zero-order valence-electron chi connectivity index (χ0n) is 6.55. The van der Waals surface area contributed by atoms with Crippen LogP contribution in [0.1, 0.15) is 13.8 Å². The maximum atomic E-state index is 10.8. The highest BCUT2D eigenvalue weighted by atomic mass is 32.2. The Hall–Kier alpha value is -0.440. The molecule has 0 aromatic carbocycles. The van der Waals surface area contributed by atoms with Gasteiger partial charge in [0.25, 0.3) is 0 Å². The highest BCUT2D eigenvalue weighted by molar-refractivity contribution is 8.01. The van der Waals surface area contributed by atoms with Crippen LogP contribution in [0.3, 0.4) is 0 Å². The molecule has 1 amide bonds. The van der Waals surface area contributed by atoms with E-state index in [2.05, 4.69) is 5.32 Å². The Balaban J connectivity index is 3.54. The van der Waals surface area contributed by atoms with Gasteiger partial charge in [-0.1, -0.05) is 0 Å². The SMILES string of the molecule is CS/C=C/C(=O)NC(C)C. The van der Waals surface area contributed by atoms with E-state index in [1.54, 1.807) is 5.41 Å². The molecule has 0 aliphatic carbocycles. The molecule has 0 saturated carbocycles. The summed E-state index contributed by atoms with van der Waals surface area (Å²) in [5.74, 6) is -0.0237. The van der Waals surface area contributed by atoms with Gasteiger partial charge in [0, 0.05) is 12.1 Å². The van der Waals surface area contributed by atoms with Crippen molar-refractivity contribution in [2.24, 2.45) is 0 Å². The minimum atomic E-state index is -0.0237. The smallest absolute Gasteiger partial charge is 0.244 e. The van der Waals surface area contributed by atoms with E-state index in [0.29, 0.717) is 0 Å². The molecular weight excluding hydrogens is 146 g/mol. The Kier molecular flexibility index (Phi) is 5.12. The van der Waals surface area contributed by atoms with Crippen LogP contribution in [0.2, 0.25) is 0 Å². The molecule has 0 unspecified atom stereocenters. The predicted octanol–water partition coefficient (Wildman–Crippen LogP) is 1.39. The van der Waals surface area contributed by atoms with Gasteiger partial charge in [-0.25, -0.2) is 0 Å². The summed E-state index contributed by atoms with van der Waals surface area (Å²) in [6.45, 7) is 3.87. The van der Waals surface area contributed by atoms with Crippen LogP contribution in [-0.4, -0.2) is 18.2 Å². The van der Waals surface area contributed by atoms with Crippen molar-refractivity contribution in [3.63, 3.8) is 0 Å². The highest BCUT2D eigenvalue weighted by Crippen LogP contribution is 1.92. The van der Waals surface area contributed by atoms with Crippen molar-refractivity contribution in [1.82, 2.24) is 5.32 Å². The maximum absolute atomic E-state index is 10.8. The fourth-order valence-corrected chi connectivity index (χ4v) is 0.722. The van der Waals surface area contributed by atoms with Gasteiger partial charge >= 0.3 is 0 Å². The zero-order valence-corrected chi connectivity index (χ0v) is 7.37. The highest BCUT2D eigenvalue weighted by Gasteiger charge is 1.95. The quantitative estimate of drug-likeness (QED) is 0.630. The van der Waals surface area contributed by atoms with Crippen LogP contribution in [0.25, 0.3) is 0 Å². The van der Waals surface area contributed by atoms with Gasteiger partial charge in [-0.05, 0) is 25.5 Å². The third-order valence-corrected chi connectivity index (χ3v) is 1.19. The van der Waals surface area contributed by atoms with E-state index >= 15 is 0 Å². The second-order valence-electron chi connectivity index (χ2n) is 2.20. The first-order valence-corrected chi connectivity index (χ1v) is 4.45. The Bertz CT molecular complexity index is 132. The first-order valence-electron chi connectivity index (χ1n) is 3.16. The number of carbonyl (C=O) groups is 1. The molecule has 58 valence electrons. The van der Waals surface area contributed by atoms with Gasteiger partial charge in [-0.2, -0.15) is 0 Å². The van der Waals surface area contributed by atoms with Crippen molar-refractivity contribution >= 4 is 17.7 Å². The zero-order chi connectivity index (χ0) is 7.98. The second kappa shape index (κ2) is 5.35. The third-order valence-electron chi connectivity index (χ3n) is 0.786. The molecule has 0 aliphatic rings. The van der Waals surface area contributed by atoms with E-state index in [0.717, 1.165) is 0 Å². The molecule has 0 aromatic heterocycles. The largest absolute Gasteiger partial charge is 0.350 e. The fraction of sp³-hybridized carbons (Fsp3) is 0.571. The monoisotopic (exact) mass is 159 g/mol. The minimum absolute atomic E-state index is 0.0237. The molecule has 0 atom stereocenters. The van der Waals surface area contributed by atoms with Crippen molar-refractivity contribution in [3.8, 4) is 0 Å². The number of amides is 1. The normalized spacial score (nSPS) is 10.8. The molecular formula is C7H13NOS. The summed E-state index contributed by atoms with van der Waals surface area (Å²) in [6, 6.07) is 0.221. The molecule has 0 aromatic rings. The van der Waals surface area contributed by atoms with Gasteiger partial charge in [0.05, 0.1) is 0 Å². The molecule has 0 aliphatic heterocycles. The second-order valence-corrected chi connectivity index (χ2v) is 2.95. The number of hydrogen-bond acceptors (Lipinski definition) is 2. The summed E-state index contributed by atoms with van der Waals surface area (Å²) in [5.41, 5.74) is 0. The number of rotatable bonds is 3. The number of nitrogens with one attached hydrogen (secondary N) is 1. The average Bonchev–Trinajstić information content (AvgIpc) is 1.82. The van der Waals surface area contributed by atoms with Crippen LogP contribution in [0.4, 0.5) is 0 Å². The van der Waals surface area contributed by atoms with E-state index in [1.165, 1.54) is 17.8 Å². The molecule has 3 heteroatoms. The molecule has 10 heavy (non-hydrogen) atoms. The van der Waals surface area contributed by atoms with Crippen molar-refractivity contribution in [2.45, 2.75) is 19.9 Å². The molecule has 0 bridgehead atoms. The van der Waals surface area contributed by atoms with E-state index in [-0.39, 0.29) is 11.9 Å². The molecule has 0 spiro atoms. The molecule has 0 radical (unpaired) electrons. The summed E-state index contributed by atoms with van der Waals surface area (Å²) in [5, 5.41) is 4.50. The van der Waals surface area contributed by atoms with Gasteiger partial charge < -0.3 is 5.32 Å². The van der Waals surface area contributed by atoms with Crippen molar-refractivity contribution in [3.05, 3.63) is 11.5 Å². The van der Waals surface area contributed by atoms with Crippen molar-refractivity contribution < 1.29 is 4.79 Å². The predicted molar refractivity (Wildman–Crippen MR) is 45.9 cm³/mol. The Morgan fingerprint density at radius 1 is 1.60 bits per heavy atom. The molecule has 0 rings (SSSR count). The summed E-state index contributed by atoms with van der Waals surface area (Å²) < 4.78 is 0. The first-order chi connectivity index (χ1) is 4.66. The number of hydrogen-bond donors (Lipinski definition) is 1. The van der Waals surface area contributed by atoms with Crippen molar-refractivity contribution in [1.29, 1.82) is 0 Å². The number of thioether (sulfide) groups is 1. The first kappa shape index (κ1) is 9.56. The lowest BCUT2D eigenvalue weighted by Crippen LogP contribution is -2.28. The van der Waals surface area contributed by atoms with E-state index < -0.39 is 0 Å². The van der Waals surface area contributed by atoms with Gasteiger partial charge in [0.1, 0.15) is 0 Å². The van der Waals surface area contributed by atoms with Crippen molar-refractivity contribution in [2.75, 3.05) is 6.26 Å². The number of carbonyl (C=O) groups excluding carboxylic acids is 1. The van der Waals surface area contributed by atoms with Crippen LogP contribution in [0, 0.1) is 0 Å². The molecule has 0 fully saturated rings. The van der Waals surface area contributed by atoms with Gasteiger partial charge in [0.2, 0.25) is 5.91 Å². The van der Waals surface area contributed by atoms with E-state index in [9.17, 15) is 4.79 Å². The summed E-state index contributed by atoms with van der Waals surface area (Å²) in [6.07, 6.45) is 3.45. The molecule has 1 N–H and O–H groups in total. The van der Waals surface area contributed by atoms with Crippen LogP contribution < -0.4 is 5.32 Å². The fourth-order valence-electron chi connectivity index (χ4n) is 0.462. The van der Waals surface area contributed by atoms with E-state index in [4.69, 9.17) is 0 Å². The standard InChI is InChI=1S/C7H13NOS/c1-6(2)8-7(9)4-5-10-3/h4-6H,1-3H3,(H,8,9)/b5-4+. The van der Waals surface area contributed by atoms with Gasteiger partial charge in [-0.15, -0.1) is 11.8 Å². The third kappa shape index (κ3) is 5.69. The summed E-state index contributed by atoms with van der Waals surface area (Å²) in [7, 11) is 0. The maximum Gasteiger partial charge on any atom is 0.244 e. The Morgan fingerprint density at radius 2 is 2.20 bits per heavy atom. The average molecular weight is 159 g/mol. The topological polar surface area (TPSA) is 29.1 Å². The van der Waals surface area contributed by atoms with Gasteiger partial charge in [-0.3, -0.25) is 4.79 Å². The van der Waals surface area contributed by atoms with Crippen LogP contribution >= 0.6 is 11.8 Å². The summed E-state index contributed by atoms with van der Waals surface area (Å²) in [4.78, 5) is 10.8. The Labute approximate surface area is 66.1 Å². The van der Waals surface area contributed by atoms with Gasteiger partial charge in [0.15, 0.2) is 0 Å². The van der Waals surface area contributed by atoms with Crippen LogP contribution in [0.15, 0.2) is 11.5 Å².